The van der Waals surface area contributed by atoms with Gasteiger partial charge in [-0.05, 0) is 18.6 Å². The van der Waals surface area contributed by atoms with Crippen molar-refractivity contribution in [3.05, 3.63) is 62.5 Å². The average Bonchev–Trinajstić information content (AvgIpc) is 3.49. The number of piperazine rings is 1. The maximum Gasteiger partial charge on any atom is 0.338 e. The van der Waals surface area contributed by atoms with Crippen molar-refractivity contribution in [1.82, 2.24) is 20.1 Å². The van der Waals surface area contributed by atoms with Gasteiger partial charge in [-0.1, -0.05) is 17.7 Å². The van der Waals surface area contributed by atoms with E-state index in [9.17, 15) is 14.0 Å². The van der Waals surface area contributed by atoms with Gasteiger partial charge in [0.1, 0.15) is 11.9 Å². The number of aromatic nitrogens is 1. The van der Waals surface area contributed by atoms with Crippen LogP contribution in [0.4, 0.5) is 4.39 Å². The third-order valence-electron chi connectivity index (χ3n) is 6.38. The number of benzene rings is 1. The topological polar surface area (TPSA) is 87.1 Å². The molecule has 2 atom stereocenters. The van der Waals surface area contributed by atoms with E-state index in [2.05, 4.69) is 15.2 Å². The van der Waals surface area contributed by atoms with Crippen LogP contribution in [0.3, 0.4) is 0 Å². The summed E-state index contributed by atoms with van der Waals surface area (Å²) >= 11 is 7.81. The molecule has 2 fully saturated rings. The quantitative estimate of drug-likeness (QED) is 0.631. The fraction of sp³-hybridized carbons (Fsp3) is 0.391. The van der Waals surface area contributed by atoms with Gasteiger partial charge in [-0.3, -0.25) is 14.7 Å². The summed E-state index contributed by atoms with van der Waals surface area (Å²) in [6.45, 7) is 2.50. The van der Waals surface area contributed by atoms with Gasteiger partial charge in [-0.2, -0.15) is 0 Å². The third kappa shape index (κ3) is 4.33. The lowest BCUT2D eigenvalue weighted by atomic mass is 9.95. The number of hydrogen-bond donors (Lipinski definition) is 1. The lowest BCUT2D eigenvalue weighted by molar-refractivity contribution is -0.136. The number of amides is 1. The second-order valence-electron chi connectivity index (χ2n) is 8.41. The second-order valence-corrected chi connectivity index (χ2v) is 9.71. The first-order valence-electron chi connectivity index (χ1n) is 11.0. The Kier molecular flexibility index (Phi) is 6.37. The predicted octanol–water partition coefficient (Wildman–Crippen LogP) is 2.76. The molecule has 34 heavy (non-hydrogen) atoms. The predicted molar refractivity (Wildman–Crippen MR) is 126 cm³/mol. The van der Waals surface area contributed by atoms with Gasteiger partial charge in [-0.15, -0.1) is 11.3 Å². The minimum Gasteiger partial charge on any atom is -0.466 e. The first-order chi connectivity index (χ1) is 16.4. The first kappa shape index (κ1) is 22.9. The lowest BCUT2D eigenvalue weighted by Crippen LogP contribution is -2.52. The van der Waals surface area contributed by atoms with Gasteiger partial charge in [0.2, 0.25) is 5.91 Å². The van der Waals surface area contributed by atoms with E-state index in [4.69, 9.17) is 21.3 Å². The highest BCUT2D eigenvalue weighted by Gasteiger charge is 2.38. The van der Waals surface area contributed by atoms with E-state index in [-0.39, 0.29) is 17.0 Å². The Morgan fingerprint density at radius 3 is 2.97 bits per heavy atom. The van der Waals surface area contributed by atoms with Gasteiger partial charge in [0.05, 0.1) is 12.7 Å². The minimum absolute atomic E-state index is 0.174. The summed E-state index contributed by atoms with van der Waals surface area (Å²) in [5, 5.41) is 5.98. The molecule has 0 aliphatic carbocycles. The normalized spacial score (nSPS) is 23.0. The maximum absolute atomic E-state index is 13.8. The van der Waals surface area contributed by atoms with Gasteiger partial charge in [-0.25, -0.2) is 14.2 Å². The van der Waals surface area contributed by atoms with Crippen LogP contribution in [0.5, 0.6) is 0 Å². The molecule has 0 unspecified atom stereocenters. The second kappa shape index (κ2) is 9.44. The summed E-state index contributed by atoms with van der Waals surface area (Å²) in [6.07, 6.45) is 3.10. The molecule has 1 aromatic carbocycles. The zero-order chi connectivity index (χ0) is 23.8. The SMILES string of the molecule is COC(=O)C1=C(CN2CCN3C(=O)CC[C@@H]3C2)NC(c2nccs2)=N[C@H]1c1ccc(F)cc1Cl. The van der Waals surface area contributed by atoms with Crippen LogP contribution in [0.25, 0.3) is 0 Å². The number of ether oxygens (including phenoxy) is 1. The number of thiazole rings is 1. The zero-order valence-electron chi connectivity index (χ0n) is 18.5. The standard InChI is InChI=1S/C23H23ClFN5O3S/c1-33-23(32)19-17(12-29-7-8-30-14(11-29)3-5-18(30)31)27-21(22-26-6-9-34-22)28-20(19)15-4-2-13(25)10-16(15)24/h2,4,6,9-10,14,20H,3,5,7-8,11-12H2,1H3,(H,27,28)/t14-,20+/m1/s1. The molecular weight excluding hydrogens is 481 g/mol. The van der Waals surface area contributed by atoms with Crippen molar-refractivity contribution in [2.45, 2.75) is 24.9 Å². The van der Waals surface area contributed by atoms with Gasteiger partial charge in [0.15, 0.2) is 10.8 Å². The molecule has 0 spiro atoms. The molecule has 1 N–H and O–H groups in total. The van der Waals surface area contributed by atoms with Crippen LogP contribution in [-0.2, 0) is 14.3 Å². The summed E-state index contributed by atoms with van der Waals surface area (Å²) in [4.78, 5) is 38.4. The van der Waals surface area contributed by atoms with Crippen molar-refractivity contribution in [3.8, 4) is 0 Å². The van der Waals surface area contributed by atoms with E-state index in [0.717, 1.165) is 13.0 Å². The van der Waals surface area contributed by atoms with Crippen molar-refractivity contribution in [2.24, 2.45) is 4.99 Å². The summed E-state index contributed by atoms with van der Waals surface area (Å²) in [7, 11) is 1.32. The van der Waals surface area contributed by atoms with Crippen molar-refractivity contribution in [1.29, 1.82) is 0 Å². The van der Waals surface area contributed by atoms with Crippen molar-refractivity contribution >= 4 is 40.6 Å². The molecule has 11 heteroatoms. The van der Waals surface area contributed by atoms with E-state index in [1.165, 1.54) is 30.6 Å². The van der Waals surface area contributed by atoms with E-state index in [1.54, 1.807) is 12.3 Å². The highest BCUT2D eigenvalue weighted by atomic mass is 35.5. The number of fused-ring (bicyclic) bond motifs is 1. The van der Waals surface area contributed by atoms with Crippen molar-refractivity contribution in [2.75, 3.05) is 33.3 Å². The number of carbonyl (C=O) groups excluding carboxylic acids is 2. The number of methoxy groups -OCH3 is 1. The van der Waals surface area contributed by atoms with Crippen LogP contribution in [-0.4, -0.2) is 71.8 Å². The summed E-state index contributed by atoms with van der Waals surface area (Å²) in [6, 6.07) is 3.45. The van der Waals surface area contributed by atoms with Crippen molar-refractivity contribution in [3.63, 3.8) is 0 Å². The molecule has 2 saturated heterocycles. The summed E-state index contributed by atoms with van der Waals surface area (Å²) in [5.74, 6) is -0.291. The first-order valence-corrected chi connectivity index (χ1v) is 12.2. The van der Waals surface area contributed by atoms with E-state index < -0.39 is 17.8 Å². The van der Waals surface area contributed by atoms with Crippen LogP contribution >= 0.6 is 22.9 Å². The van der Waals surface area contributed by atoms with E-state index >= 15 is 0 Å². The summed E-state index contributed by atoms with van der Waals surface area (Å²) < 4.78 is 18.9. The van der Waals surface area contributed by atoms with Gasteiger partial charge in [0.25, 0.3) is 0 Å². The highest BCUT2D eigenvalue weighted by Crippen LogP contribution is 2.37. The number of nitrogens with one attached hydrogen (secondary N) is 1. The number of rotatable bonds is 5. The maximum atomic E-state index is 13.8. The summed E-state index contributed by atoms with van der Waals surface area (Å²) in [5.41, 5.74) is 1.46. The minimum atomic E-state index is -0.787. The Bertz CT molecular complexity index is 1190. The molecule has 0 bridgehead atoms. The Labute approximate surface area is 205 Å². The molecule has 0 radical (unpaired) electrons. The molecule has 3 aliphatic rings. The Morgan fingerprint density at radius 1 is 1.38 bits per heavy atom. The van der Waals surface area contributed by atoms with Crippen LogP contribution < -0.4 is 5.32 Å². The molecule has 1 aromatic heterocycles. The number of nitrogens with zero attached hydrogens (tertiary/aromatic N) is 4. The Morgan fingerprint density at radius 2 is 2.24 bits per heavy atom. The molecule has 8 nitrogen and oxygen atoms in total. The molecule has 4 heterocycles. The Balaban J connectivity index is 1.54. The zero-order valence-corrected chi connectivity index (χ0v) is 20.0. The largest absolute Gasteiger partial charge is 0.466 e. The fourth-order valence-electron chi connectivity index (χ4n) is 4.76. The fourth-order valence-corrected chi connectivity index (χ4v) is 5.62. The molecule has 2 aromatic rings. The number of amidine groups is 1. The number of hydrogen-bond acceptors (Lipinski definition) is 8. The Hall–Kier alpha value is -2.82. The molecular formula is C23H23ClFN5O3S. The molecule has 178 valence electrons. The van der Waals surface area contributed by atoms with Gasteiger partial charge in [0, 0.05) is 66.5 Å². The average molecular weight is 504 g/mol. The smallest absolute Gasteiger partial charge is 0.338 e. The number of carbonyl (C=O) groups is 2. The number of halogens is 2. The molecule has 5 rings (SSSR count). The number of aliphatic imine (C=N–C) groups is 1. The lowest BCUT2D eigenvalue weighted by Gasteiger charge is -2.39. The molecule has 0 saturated carbocycles. The number of esters is 1. The van der Waals surface area contributed by atoms with Gasteiger partial charge >= 0.3 is 5.97 Å². The monoisotopic (exact) mass is 503 g/mol. The van der Waals surface area contributed by atoms with Crippen LogP contribution in [0.2, 0.25) is 5.02 Å². The van der Waals surface area contributed by atoms with Gasteiger partial charge < -0.3 is 15.0 Å². The molecule has 3 aliphatic heterocycles. The highest BCUT2D eigenvalue weighted by molar-refractivity contribution is 7.11. The van der Waals surface area contributed by atoms with E-state index in [1.807, 2.05) is 10.3 Å². The van der Waals surface area contributed by atoms with Crippen molar-refractivity contribution < 1.29 is 18.7 Å². The molecule has 1 amide bonds. The third-order valence-corrected chi connectivity index (χ3v) is 7.49. The van der Waals surface area contributed by atoms with E-state index in [0.29, 0.717) is 53.7 Å². The van der Waals surface area contributed by atoms with Crippen LogP contribution in [0, 0.1) is 5.82 Å². The van der Waals surface area contributed by atoms with Crippen LogP contribution in [0.1, 0.15) is 29.5 Å². The van der Waals surface area contributed by atoms with Crippen LogP contribution in [0.15, 0.2) is 46.0 Å².